The zero-order chi connectivity index (χ0) is 21.0. The molecule has 0 saturated heterocycles. The Bertz CT molecular complexity index is 949. The number of sulfonamides is 1. The van der Waals surface area contributed by atoms with Gasteiger partial charge in [-0.1, -0.05) is 13.0 Å². The van der Waals surface area contributed by atoms with E-state index in [0.717, 1.165) is 25.7 Å². The van der Waals surface area contributed by atoms with Gasteiger partial charge in [0.15, 0.2) is 0 Å². The van der Waals surface area contributed by atoms with E-state index in [4.69, 9.17) is 4.74 Å². The highest BCUT2D eigenvalue weighted by molar-refractivity contribution is 7.92. The van der Waals surface area contributed by atoms with Crippen molar-refractivity contribution in [1.29, 1.82) is 0 Å². The summed E-state index contributed by atoms with van der Waals surface area (Å²) in [5.41, 5.74) is 0.805. The van der Waals surface area contributed by atoms with Crippen LogP contribution in [0.15, 0.2) is 53.4 Å². The fraction of sp³-hybridized carbons (Fsp3) is 0.409. The lowest BCUT2D eigenvalue weighted by Crippen LogP contribution is -2.39. The van der Waals surface area contributed by atoms with Gasteiger partial charge in [0.25, 0.3) is 15.9 Å². The van der Waals surface area contributed by atoms with Gasteiger partial charge in [-0.3, -0.25) is 9.52 Å². The fourth-order valence-electron chi connectivity index (χ4n) is 3.67. The molecular weight excluding hydrogens is 388 g/mol. The van der Waals surface area contributed by atoms with Crippen LogP contribution in [0, 0.1) is 5.92 Å². The molecule has 0 bridgehead atoms. The molecule has 1 fully saturated rings. The minimum Gasteiger partial charge on any atom is -0.497 e. The van der Waals surface area contributed by atoms with Gasteiger partial charge in [-0.2, -0.15) is 0 Å². The van der Waals surface area contributed by atoms with Gasteiger partial charge in [0, 0.05) is 24.3 Å². The van der Waals surface area contributed by atoms with E-state index in [2.05, 4.69) is 11.6 Å². The van der Waals surface area contributed by atoms with E-state index in [9.17, 15) is 13.2 Å². The molecule has 0 atom stereocenters. The predicted octanol–water partition coefficient (Wildman–Crippen LogP) is 4.15. The lowest BCUT2D eigenvalue weighted by molar-refractivity contribution is 0.0679. The van der Waals surface area contributed by atoms with Crippen molar-refractivity contribution in [3.05, 3.63) is 54.1 Å². The Kier molecular flexibility index (Phi) is 6.47. The first-order valence-corrected chi connectivity index (χ1v) is 11.3. The highest BCUT2D eigenvalue weighted by Gasteiger charge is 2.26. The molecule has 0 aliphatic heterocycles. The Hall–Kier alpha value is -2.54. The van der Waals surface area contributed by atoms with Gasteiger partial charge in [-0.15, -0.1) is 0 Å². The van der Waals surface area contributed by atoms with Crippen molar-refractivity contribution >= 4 is 21.6 Å². The number of amides is 1. The lowest BCUT2D eigenvalue weighted by Gasteiger charge is -2.33. The topological polar surface area (TPSA) is 75.7 Å². The number of ether oxygens (including phenoxy) is 1. The van der Waals surface area contributed by atoms with Crippen LogP contribution in [0.1, 0.15) is 43.0 Å². The number of rotatable bonds is 6. The summed E-state index contributed by atoms with van der Waals surface area (Å²) in [5.74, 6) is 1.19. The van der Waals surface area contributed by atoms with Gasteiger partial charge in [0.2, 0.25) is 0 Å². The number of nitrogens with zero attached hydrogens (tertiary/aromatic N) is 1. The average molecular weight is 417 g/mol. The highest BCUT2D eigenvalue weighted by Crippen LogP contribution is 2.27. The van der Waals surface area contributed by atoms with Crippen molar-refractivity contribution in [2.45, 2.75) is 43.5 Å². The van der Waals surface area contributed by atoms with Gasteiger partial charge in [-0.05, 0) is 74.1 Å². The summed E-state index contributed by atoms with van der Waals surface area (Å²) in [6, 6.07) is 13.0. The molecular formula is C22H28N2O4S. The van der Waals surface area contributed by atoms with Crippen molar-refractivity contribution in [2.24, 2.45) is 5.92 Å². The molecule has 1 aliphatic rings. The number of hydrogen-bond donors (Lipinski definition) is 1. The van der Waals surface area contributed by atoms with Crippen LogP contribution in [0.25, 0.3) is 0 Å². The lowest BCUT2D eigenvalue weighted by atomic mass is 9.86. The van der Waals surface area contributed by atoms with Crippen LogP contribution >= 0.6 is 0 Å². The number of carbonyl (C=O) groups excluding carboxylic acids is 1. The highest BCUT2D eigenvalue weighted by atomic mass is 32.2. The predicted molar refractivity (Wildman–Crippen MR) is 114 cm³/mol. The zero-order valence-corrected chi connectivity index (χ0v) is 17.9. The maximum absolute atomic E-state index is 12.9. The molecule has 3 rings (SSSR count). The second kappa shape index (κ2) is 8.86. The Morgan fingerprint density at radius 2 is 1.72 bits per heavy atom. The van der Waals surface area contributed by atoms with Crippen molar-refractivity contribution in [1.82, 2.24) is 4.90 Å². The van der Waals surface area contributed by atoms with Gasteiger partial charge >= 0.3 is 0 Å². The molecule has 1 N–H and O–H groups in total. The van der Waals surface area contributed by atoms with Crippen LogP contribution in [0.3, 0.4) is 0 Å². The molecule has 2 aromatic rings. The average Bonchev–Trinajstić information content (AvgIpc) is 2.73. The van der Waals surface area contributed by atoms with E-state index in [1.165, 1.54) is 12.1 Å². The van der Waals surface area contributed by atoms with E-state index in [-0.39, 0.29) is 16.8 Å². The van der Waals surface area contributed by atoms with Gasteiger partial charge in [0.1, 0.15) is 5.75 Å². The number of benzene rings is 2. The molecule has 1 amide bonds. The van der Waals surface area contributed by atoms with Gasteiger partial charge in [-0.25, -0.2) is 8.42 Å². The minimum absolute atomic E-state index is 0.0600. The number of anilines is 1. The van der Waals surface area contributed by atoms with Crippen molar-refractivity contribution in [2.75, 3.05) is 18.9 Å². The van der Waals surface area contributed by atoms with E-state index >= 15 is 0 Å². The largest absolute Gasteiger partial charge is 0.497 e. The minimum atomic E-state index is -3.81. The van der Waals surface area contributed by atoms with Crippen LogP contribution in [-0.4, -0.2) is 39.4 Å². The molecule has 6 nitrogen and oxygen atoms in total. The third kappa shape index (κ3) is 5.09. The maximum Gasteiger partial charge on any atom is 0.261 e. The molecule has 0 unspecified atom stereocenters. The van der Waals surface area contributed by atoms with E-state index in [1.807, 2.05) is 0 Å². The van der Waals surface area contributed by atoms with E-state index in [0.29, 0.717) is 22.9 Å². The zero-order valence-electron chi connectivity index (χ0n) is 17.1. The number of carbonyl (C=O) groups is 1. The van der Waals surface area contributed by atoms with Crippen LogP contribution in [0.2, 0.25) is 0 Å². The first kappa shape index (κ1) is 21.2. The van der Waals surface area contributed by atoms with E-state index in [1.54, 1.807) is 55.5 Å². The van der Waals surface area contributed by atoms with E-state index < -0.39 is 10.0 Å². The standard InChI is InChI=1S/C22H28N2O4S/c1-16-7-11-19(12-8-16)24(2)22(25)17-5-4-6-21(15-17)29(26,27)23-18-9-13-20(28-3)14-10-18/h4-6,9-10,13-16,19,23H,7-8,11-12H2,1-3H3. The Labute approximate surface area is 172 Å². The summed E-state index contributed by atoms with van der Waals surface area (Å²) < 4.78 is 33.2. The Balaban J connectivity index is 1.75. The normalized spacial score (nSPS) is 19.4. The molecule has 0 spiro atoms. The van der Waals surface area contributed by atoms with Gasteiger partial charge < -0.3 is 9.64 Å². The maximum atomic E-state index is 12.9. The molecule has 156 valence electrons. The van der Waals surface area contributed by atoms with Crippen molar-refractivity contribution in [3.8, 4) is 5.75 Å². The van der Waals surface area contributed by atoms with Crippen molar-refractivity contribution in [3.63, 3.8) is 0 Å². The second-order valence-electron chi connectivity index (χ2n) is 7.69. The summed E-state index contributed by atoms with van der Waals surface area (Å²) in [6.45, 7) is 2.24. The second-order valence-corrected chi connectivity index (χ2v) is 9.37. The number of methoxy groups -OCH3 is 1. The quantitative estimate of drug-likeness (QED) is 0.768. The molecule has 1 saturated carbocycles. The van der Waals surface area contributed by atoms with Crippen LogP contribution in [0.4, 0.5) is 5.69 Å². The van der Waals surface area contributed by atoms with Crippen LogP contribution < -0.4 is 9.46 Å². The molecule has 0 radical (unpaired) electrons. The molecule has 7 heteroatoms. The smallest absolute Gasteiger partial charge is 0.261 e. The number of hydrogen-bond acceptors (Lipinski definition) is 4. The third-order valence-corrected chi connectivity index (χ3v) is 6.97. The summed E-state index contributed by atoms with van der Waals surface area (Å²) in [4.78, 5) is 14.7. The summed E-state index contributed by atoms with van der Waals surface area (Å²) >= 11 is 0. The third-order valence-electron chi connectivity index (χ3n) is 5.59. The van der Waals surface area contributed by atoms with Gasteiger partial charge in [0.05, 0.1) is 12.0 Å². The monoisotopic (exact) mass is 416 g/mol. The molecule has 2 aromatic carbocycles. The Morgan fingerprint density at radius 3 is 2.34 bits per heavy atom. The SMILES string of the molecule is COc1ccc(NS(=O)(=O)c2cccc(C(=O)N(C)C3CCC(C)CC3)c2)cc1. The molecule has 0 aromatic heterocycles. The summed E-state index contributed by atoms with van der Waals surface area (Å²) in [5, 5.41) is 0. The molecule has 1 aliphatic carbocycles. The summed E-state index contributed by atoms with van der Waals surface area (Å²) in [6.07, 6.45) is 4.20. The molecule has 29 heavy (non-hydrogen) atoms. The van der Waals surface area contributed by atoms with Crippen molar-refractivity contribution < 1.29 is 17.9 Å². The Morgan fingerprint density at radius 1 is 1.07 bits per heavy atom. The summed E-state index contributed by atoms with van der Waals surface area (Å²) in [7, 11) is -0.455. The fourth-order valence-corrected chi connectivity index (χ4v) is 4.77. The first-order valence-electron chi connectivity index (χ1n) is 9.84. The van der Waals surface area contributed by atoms with Crippen LogP contribution in [0.5, 0.6) is 5.75 Å². The van der Waals surface area contributed by atoms with Crippen LogP contribution in [-0.2, 0) is 10.0 Å². The molecule has 0 heterocycles. The first-order chi connectivity index (χ1) is 13.8. The number of nitrogens with one attached hydrogen (secondary N) is 1.